The van der Waals surface area contributed by atoms with Crippen LogP contribution in [-0.4, -0.2) is 50.5 Å². The van der Waals surface area contributed by atoms with Crippen molar-refractivity contribution in [3.63, 3.8) is 0 Å². The molecule has 0 aromatic heterocycles. The van der Waals surface area contributed by atoms with E-state index in [9.17, 15) is 9.59 Å². The number of nitrogens with one attached hydrogen (secondary N) is 2. The molecule has 140 valence electrons. The molecule has 0 radical (unpaired) electrons. The number of likely N-dealkylation sites (N-methyl/N-ethyl adjacent to an activating group) is 1. The average molecular weight is 390 g/mol. The summed E-state index contributed by atoms with van der Waals surface area (Å²) in [6.45, 7) is 1.96. The number of hydrogen-bond acceptors (Lipinski definition) is 4. The number of benzene rings is 1. The highest BCUT2D eigenvalue weighted by atomic mass is 35.5. The van der Waals surface area contributed by atoms with Crippen LogP contribution >= 0.6 is 24.0 Å². The summed E-state index contributed by atoms with van der Waals surface area (Å²) < 4.78 is 5.39. The SMILES string of the molecule is CN(C)C(=O)COc1ccc(NC(=O)CCC2CCNC2)cc1Cl.Cl. The van der Waals surface area contributed by atoms with Crippen molar-refractivity contribution in [3.8, 4) is 5.75 Å². The molecule has 1 aromatic carbocycles. The molecular formula is C17H25Cl2N3O3. The van der Waals surface area contributed by atoms with Crippen LogP contribution in [0.4, 0.5) is 5.69 Å². The summed E-state index contributed by atoms with van der Waals surface area (Å²) >= 11 is 6.15. The Morgan fingerprint density at radius 2 is 2.16 bits per heavy atom. The fourth-order valence-electron chi connectivity index (χ4n) is 2.48. The van der Waals surface area contributed by atoms with Gasteiger partial charge in [0.1, 0.15) is 5.75 Å². The lowest BCUT2D eigenvalue weighted by Crippen LogP contribution is -2.27. The van der Waals surface area contributed by atoms with Gasteiger partial charge < -0.3 is 20.3 Å². The number of carbonyl (C=O) groups is 2. The quantitative estimate of drug-likeness (QED) is 0.751. The van der Waals surface area contributed by atoms with E-state index in [-0.39, 0.29) is 30.8 Å². The molecule has 1 unspecified atom stereocenters. The molecule has 1 aromatic rings. The number of hydrogen-bond donors (Lipinski definition) is 2. The molecule has 1 aliphatic heterocycles. The lowest BCUT2D eigenvalue weighted by molar-refractivity contribution is -0.130. The van der Waals surface area contributed by atoms with Gasteiger partial charge in [-0.2, -0.15) is 0 Å². The average Bonchev–Trinajstić information content (AvgIpc) is 3.05. The topological polar surface area (TPSA) is 70.7 Å². The van der Waals surface area contributed by atoms with E-state index in [1.807, 2.05) is 0 Å². The summed E-state index contributed by atoms with van der Waals surface area (Å²) in [4.78, 5) is 25.0. The van der Waals surface area contributed by atoms with Gasteiger partial charge in [0, 0.05) is 26.2 Å². The minimum Gasteiger partial charge on any atom is -0.482 e. The first kappa shape index (κ1) is 21.5. The Morgan fingerprint density at radius 3 is 2.76 bits per heavy atom. The molecular weight excluding hydrogens is 365 g/mol. The highest BCUT2D eigenvalue weighted by molar-refractivity contribution is 6.32. The van der Waals surface area contributed by atoms with Gasteiger partial charge in [0.05, 0.1) is 5.02 Å². The number of carbonyl (C=O) groups excluding carboxylic acids is 2. The number of ether oxygens (including phenoxy) is 1. The standard InChI is InChI=1S/C17H24ClN3O3.ClH/c1-21(2)17(23)11-24-15-5-4-13(9-14(15)18)20-16(22)6-3-12-7-8-19-10-12;/h4-5,9,12,19H,3,6-8,10-11H2,1-2H3,(H,20,22);1H. The van der Waals surface area contributed by atoms with Gasteiger partial charge in [-0.15, -0.1) is 12.4 Å². The Kier molecular flexibility index (Phi) is 9.03. The molecule has 1 fully saturated rings. The van der Waals surface area contributed by atoms with Gasteiger partial charge in [0.2, 0.25) is 5.91 Å². The van der Waals surface area contributed by atoms with Crippen molar-refractivity contribution >= 4 is 41.5 Å². The lowest BCUT2D eigenvalue weighted by atomic mass is 10.0. The molecule has 1 atom stereocenters. The predicted molar refractivity (Wildman–Crippen MR) is 102 cm³/mol. The molecule has 0 spiro atoms. The second-order valence-corrected chi connectivity index (χ2v) is 6.57. The molecule has 25 heavy (non-hydrogen) atoms. The van der Waals surface area contributed by atoms with Gasteiger partial charge in [0.15, 0.2) is 6.61 Å². The fourth-order valence-corrected chi connectivity index (χ4v) is 2.72. The summed E-state index contributed by atoms with van der Waals surface area (Å²) in [7, 11) is 3.32. The van der Waals surface area contributed by atoms with Crippen molar-refractivity contribution in [1.29, 1.82) is 0 Å². The maximum atomic E-state index is 12.0. The number of anilines is 1. The molecule has 0 aliphatic carbocycles. The highest BCUT2D eigenvalue weighted by Gasteiger charge is 2.16. The first-order valence-electron chi connectivity index (χ1n) is 8.09. The second kappa shape index (κ2) is 10.5. The molecule has 6 nitrogen and oxygen atoms in total. The summed E-state index contributed by atoms with van der Waals surface area (Å²) in [5.41, 5.74) is 0.626. The molecule has 1 heterocycles. The van der Waals surface area contributed by atoms with Crippen molar-refractivity contribution in [2.45, 2.75) is 19.3 Å². The number of rotatable bonds is 7. The minimum atomic E-state index is -0.148. The van der Waals surface area contributed by atoms with Crippen molar-refractivity contribution in [2.75, 3.05) is 39.1 Å². The van der Waals surface area contributed by atoms with Gasteiger partial charge in [0.25, 0.3) is 5.91 Å². The minimum absolute atomic E-state index is 0. The first-order valence-corrected chi connectivity index (χ1v) is 8.46. The summed E-state index contributed by atoms with van der Waals surface area (Å²) in [5, 5.41) is 6.50. The molecule has 2 amide bonds. The first-order chi connectivity index (χ1) is 11.5. The largest absolute Gasteiger partial charge is 0.482 e. The third-order valence-electron chi connectivity index (χ3n) is 4.01. The molecule has 8 heteroatoms. The molecule has 2 rings (SSSR count). The summed E-state index contributed by atoms with van der Waals surface area (Å²) in [6.07, 6.45) is 2.52. The third kappa shape index (κ3) is 7.10. The van der Waals surface area contributed by atoms with Crippen molar-refractivity contribution in [3.05, 3.63) is 23.2 Å². The maximum Gasteiger partial charge on any atom is 0.259 e. The van der Waals surface area contributed by atoms with Gasteiger partial charge in [-0.25, -0.2) is 0 Å². The number of amides is 2. The van der Waals surface area contributed by atoms with Crippen molar-refractivity contribution in [2.24, 2.45) is 5.92 Å². The molecule has 0 bridgehead atoms. The van der Waals surface area contributed by atoms with E-state index in [1.54, 1.807) is 32.3 Å². The van der Waals surface area contributed by atoms with Gasteiger partial charge >= 0.3 is 0 Å². The van der Waals surface area contributed by atoms with Crippen LogP contribution in [0.3, 0.4) is 0 Å². The van der Waals surface area contributed by atoms with Crippen LogP contribution in [0.5, 0.6) is 5.75 Å². The smallest absolute Gasteiger partial charge is 0.259 e. The van der Waals surface area contributed by atoms with Crippen molar-refractivity contribution in [1.82, 2.24) is 10.2 Å². The Labute approximate surface area is 159 Å². The van der Waals surface area contributed by atoms with E-state index in [0.717, 1.165) is 25.9 Å². The normalized spacial score (nSPS) is 16.0. The van der Waals surface area contributed by atoms with Gasteiger partial charge in [-0.3, -0.25) is 9.59 Å². The predicted octanol–water partition coefficient (Wildman–Crippen LogP) is 2.56. The molecule has 0 saturated carbocycles. The summed E-state index contributed by atoms with van der Waals surface area (Å²) in [5.74, 6) is 0.838. The molecule has 1 saturated heterocycles. The van der Waals surface area contributed by atoms with Crippen LogP contribution in [0, 0.1) is 5.92 Å². The van der Waals surface area contributed by atoms with E-state index >= 15 is 0 Å². The zero-order chi connectivity index (χ0) is 17.5. The highest BCUT2D eigenvalue weighted by Crippen LogP contribution is 2.28. The molecule has 2 N–H and O–H groups in total. The van der Waals surface area contributed by atoms with Crippen molar-refractivity contribution < 1.29 is 14.3 Å². The van der Waals surface area contributed by atoms with E-state index < -0.39 is 0 Å². The van der Waals surface area contributed by atoms with E-state index in [1.165, 1.54) is 4.90 Å². The van der Waals surface area contributed by atoms with Crippen LogP contribution in [-0.2, 0) is 9.59 Å². The Hall–Kier alpha value is -1.50. The van der Waals surface area contributed by atoms with Crippen LogP contribution in [0.25, 0.3) is 0 Å². The lowest BCUT2D eigenvalue weighted by Gasteiger charge is -2.13. The second-order valence-electron chi connectivity index (χ2n) is 6.17. The van der Waals surface area contributed by atoms with Crippen LogP contribution in [0.2, 0.25) is 5.02 Å². The Bertz CT molecular complexity index is 591. The maximum absolute atomic E-state index is 12.0. The van der Waals surface area contributed by atoms with E-state index in [0.29, 0.717) is 28.8 Å². The fraction of sp³-hybridized carbons (Fsp3) is 0.529. The number of nitrogens with zero attached hydrogens (tertiary/aromatic N) is 1. The van der Waals surface area contributed by atoms with Gasteiger partial charge in [-0.05, 0) is 50.0 Å². The zero-order valence-electron chi connectivity index (χ0n) is 14.5. The van der Waals surface area contributed by atoms with Crippen LogP contribution < -0.4 is 15.4 Å². The monoisotopic (exact) mass is 389 g/mol. The van der Waals surface area contributed by atoms with Crippen LogP contribution in [0.1, 0.15) is 19.3 Å². The Balaban J connectivity index is 0.00000312. The third-order valence-corrected chi connectivity index (χ3v) is 4.30. The van der Waals surface area contributed by atoms with E-state index in [2.05, 4.69) is 10.6 Å². The zero-order valence-corrected chi connectivity index (χ0v) is 16.1. The van der Waals surface area contributed by atoms with Gasteiger partial charge in [-0.1, -0.05) is 11.6 Å². The number of halogens is 2. The van der Waals surface area contributed by atoms with E-state index in [4.69, 9.17) is 16.3 Å². The Morgan fingerprint density at radius 1 is 1.40 bits per heavy atom. The summed E-state index contributed by atoms with van der Waals surface area (Å²) in [6, 6.07) is 5.00. The molecule has 1 aliphatic rings. The van der Waals surface area contributed by atoms with Crippen LogP contribution in [0.15, 0.2) is 18.2 Å².